The number of benzene rings is 4. The molecule has 0 saturated heterocycles. The lowest BCUT2D eigenvalue weighted by atomic mass is 9.95. The van der Waals surface area contributed by atoms with Crippen LogP contribution in [0.4, 0.5) is 0 Å². The molecule has 0 radical (unpaired) electrons. The Hall–Kier alpha value is -4.17. The van der Waals surface area contributed by atoms with Gasteiger partial charge in [-0.05, 0) is 71.1 Å². The summed E-state index contributed by atoms with van der Waals surface area (Å²) < 4.78 is 33.3. The second kappa shape index (κ2) is 11.7. The van der Waals surface area contributed by atoms with E-state index in [-0.39, 0.29) is 16.4 Å². The number of sulfonamides is 1. The SMILES string of the molecule is CCCN(C)C(=O)c1ccc2cccc(Cc3ccc(C(=O)NS(=O)(=O)c4ccccc4C)cc3OC)c2c1. The van der Waals surface area contributed by atoms with Crippen molar-refractivity contribution in [2.24, 2.45) is 0 Å². The second-order valence-electron chi connectivity index (χ2n) is 9.48. The number of fused-ring (bicyclic) bond motifs is 1. The maximum absolute atomic E-state index is 12.9. The molecule has 1 N–H and O–H groups in total. The van der Waals surface area contributed by atoms with E-state index >= 15 is 0 Å². The number of rotatable bonds is 9. The molecule has 0 unspecified atom stereocenters. The van der Waals surface area contributed by atoms with E-state index in [1.807, 2.05) is 43.3 Å². The first-order valence-electron chi connectivity index (χ1n) is 12.7. The number of aryl methyl sites for hydroxylation is 1. The highest BCUT2D eigenvalue weighted by molar-refractivity contribution is 7.90. The Morgan fingerprint density at radius 2 is 1.64 bits per heavy atom. The number of nitrogens with zero attached hydrogens (tertiary/aromatic N) is 1. The summed E-state index contributed by atoms with van der Waals surface area (Å²) in [7, 11) is -0.723. The lowest BCUT2D eigenvalue weighted by molar-refractivity contribution is 0.0795. The smallest absolute Gasteiger partial charge is 0.265 e. The maximum atomic E-state index is 12.9. The minimum Gasteiger partial charge on any atom is -0.496 e. The van der Waals surface area contributed by atoms with Crippen LogP contribution in [0.25, 0.3) is 10.8 Å². The molecule has 0 heterocycles. The molecule has 0 saturated carbocycles. The fourth-order valence-electron chi connectivity index (χ4n) is 4.61. The molecule has 0 fully saturated rings. The zero-order valence-corrected chi connectivity index (χ0v) is 23.3. The number of methoxy groups -OCH3 is 1. The third-order valence-corrected chi connectivity index (χ3v) is 8.16. The van der Waals surface area contributed by atoms with Crippen molar-refractivity contribution in [3.05, 3.63) is 107 Å². The fraction of sp³-hybridized carbons (Fsp3) is 0.226. The first-order valence-corrected chi connectivity index (χ1v) is 14.2. The number of ether oxygens (including phenoxy) is 1. The Labute approximate surface area is 229 Å². The summed E-state index contributed by atoms with van der Waals surface area (Å²) in [5.74, 6) is -0.308. The van der Waals surface area contributed by atoms with Gasteiger partial charge in [-0.2, -0.15) is 0 Å². The van der Waals surface area contributed by atoms with Crippen molar-refractivity contribution in [2.45, 2.75) is 31.6 Å². The van der Waals surface area contributed by atoms with Crippen LogP contribution < -0.4 is 9.46 Å². The van der Waals surface area contributed by atoms with E-state index in [2.05, 4.69) is 4.72 Å². The van der Waals surface area contributed by atoms with E-state index < -0.39 is 15.9 Å². The molecule has 0 spiro atoms. The molecular weight excluding hydrogens is 512 g/mol. The molecule has 2 amide bonds. The van der Waals surface area contributed by atoms with E-state index in [0.717, 1.165) is 28.3 Å². The molecule has 0 atom stereocenters. The Kier molecular flexibility index (Phi) is 8.35. The molecule has 0 bridgehead atoms. The highest BCUT2D eigenvalue weighted by Crippen LogP contribution is 2.28. The standard InChI is InChI=1S/C31H32N2O5S/c1-5-17-33(3)31(35)26-16-13-22-10-8-11-23(27(22)19-26)18-24-14-15-25(20-28(24)38-4)30(34)32-39(36,37)29-12-7-6-9-21(29)2/h6-16,19-20H,5,17-18H2,1-4H3,(H,32,34). The summed E-state index contributed by atoms with van der Waals surface area (Å²) >= 11 is 0. The minimum atomic E-state index is -4.03. The van der Waals surface area contributed by atoms with E-state index in [1.54, 1.807) is 49.2 Å². The molecule has 4 aromatic carbocycles. The monoisotopic (exact) mass is 544 g/mol. The van der Waals surface area contributed by atoms with Crippen molar-refractivity contribution in [1.82, 2.24) is 9.62 Å². The Morgan fingerprint density at radius 1 is 0.897 bits per heavy atom. The molecule has 0 aliphatic heterocycles. The van der Waals surface area contributed by atoms with Crippen LogP contribution in [-0.2, 0) is 16.4 Å². The van der Waals surface area contributed by atoms with Crippen LogP contribution in [0.2, 0.25) is 0 Å². The van der Waals surface area contributed by atoms with E-state index in [0.29, 0.717) is 29.8 Å². The van der Waals surface area contributed by atoms with Gasteiger partial charge in [0.2, 0.25) is 0 Å². The van der Waals surface area contributed by atoms with E-state index in [4.69, 9.17) is 4.74 Å². The van der Waals surface area contributed by atoms with Crippen LogP contribution in [-0.4, -0.2) is 45.8 Å². The normalized spacial score (nSPS) is 11.3. The van der Waals surface area contributed by atoms with Crippen LogP contribution in [0.5, 0.6) is 5.75 Å². The van der Waals surface area contributed by atoms with Gasteiger partial charge >= 0.3 is 0 Å². The zero-order valence-electron chi connectivity index (χ0n) is 22.5. The summed E-state index contributed by atoms with van der Waals surface area (Å²) in [5.41, 5.74) is 3.15. The fourth-order valence-corrected chi connectivity index (χ4v) is 5.83. The molecule has 0 aliphatic carbocycles. The lowest BCUT2D eigenvalue weighted by Gasteiger charge is -2.17. The van der Waals surface area contributed by atoms with Crippen LogP contribution >= 0.6 is 0 Å². The Morgan fingerprint density at radius 3 is 2.36 bits per heavy atom. The van der Waals surface area contributed by atoms with Crippen molar-refractivity contribution in [3.63, 3.8) is 0 Å². The van der Waals surface area contributed by atoms with E-state index in [9.17, 15) is 18.0 Å². The highest BCUT2D eigenvalue weighted by Gasteiger charge is 2.21. The van der Waals surface area contributed by atoms with Gasteiger partial charge in [0.15, 0.2) is 0 Å². The van der Waals surface area contributed by atoms with Crippen molar-refractivity contribution in [3.8, 4) is 5.75 Å². The van der Waals surface area contributed by atoms with Gasteiger partial charge < -0.3 is 9.64 Å². The van der Waals surface area contributed by atoms with Crippen LogP contribution in [0.1, 0.15) is 50.8 Å². The largest absolute Gasteiger partial charge is 0.496 e. The molecule has 4 aromatic rings. The van der Waals surface area contributed by atoms with Gasteiger partial charge in [-0.3, -0.25) is 9.59 Å². The number of amides is 2. The van der Waals surface area contributed by atoms with E-state index in [1.165, 1.54) is 19.2 Å². The first kappa shape index (κ1) is 27.9. The first-order chi connectivity index (χ1) is 18.6. The molecule has 7 nitrogen and oxygen atoms in total. The molecule has 202 valence electrons. The predicted octanol–water partition coefficient (Wildman–Crippen LogP) is 5.35. The Balaban J connectivity index is 1.62. The average molecular weight is 545 g/mol. The summed E-state index contributed by atoms with van der Waals surface area (Å²) in [6.07, 6.45) is 1.37. The Bertz CT molecular complexity index is 1650. The summed E-state index contributed by atoms with van der Waals surface area (Å²) in [6, 6.07) is 23.0. The third kappa shape index (κ3) is 6.12. The number of carbonyl (C=O) groups is 2. The van der Waals surface area contributed by atoms with Crippen molar-refractivity contribution >= 4 is 32.6 Å². The molecular formula is C31H32N2O5S. The van der Waals surface area contributed by atoms with Gasteiger partial charge in [0.1, 0.15) is 5.75 Å². The number of carbonyl (C=O) groups excluding carboxylic acids is 2. The topological polar surface area (TPSA) is 92.8 Å². The average Bonchev–Trinajstić information content (AvgIpc) is 2.92. The number of hydrogen-bond donors (Lipinski definition) is 1. The summed E-state index contributed by atoms with van der Waals surface area (Å²) in [5, 5.41) is 1.97. The van der Waals surface area contributed by atoms with Crippen molar-refractivity contribution in [1.29, 1.82) is 0 Å². The van der Waals surface area contributed by atoms with Crippen molar-refractivity contribution in [2.75, 3.05) is 20.7 Å². The second-order valence-corrected chi connectivity index (χ2v) is 11.1. The number of hydrogen-bond acceptors (Lipinski definition) is 5. The summed E-state index contributed by atoms with van der Waals surface area (Å²) in [6.45, 7) is 4.39. The van der Waals surface area contributed by atoms with Gasteiger partial charge in [-0.15, -0.1) is 0 Å². The molecule has 39 heavy (non-hydrogen) atoms. The van der Waals surface area contributed by atoms with Crippen molar-refractivity contribution < 1.29 is 22.7 Å². The maximum Gasteiger partial charge on any atom is 0.265 e. The molecule has 8 heteroatoms. The summed E-state index contributed by atoms with van der Waals surface area (Å²) in [4.78, 5) is 27.5. The molecule has 4 rings (SSSR count). The van der Waals surface area contributed by atoms with Gasteiger partial charge in [0.25, 0.3) is 21.8 Å². The van der Waals surface area contributed by atoms with Gasteiger partial charge in [-0.1, -0.05) is 55.5 Å². The highest BCUT2D eigenvalue weighted by atomic mass is 32.2. The van der Waals surface area contributed by atoms with Crippen LogP contribution in [0.3, 0.4) is 0 Å². The van der Waals surface area contributed by atoms with Crippen LogP contribution in [0, 0.1) is 6.92 Å². The van der Waals surface area contributed by atoms with Gasteiger partial charge in [0, 0.05) is 31.1 Å². The van der Waals surface area contributed by atoms with Crippen LogP contribution in [0.15, 0.2) is 83.8 Å². The predicted molar refractivity (Wildman–Crippen MR) is 153 cm³/mol. The third-order valence-electron chi connectivity index (χ3n) is 6.67. The minimum absolute atomic E-state index is 0.0258. The molecule has 0 aromatic heterocycles. The molecule has 0 aliphatic rings. The zero-order chi connectivity index (χ0) is 28.2. The van der Waals surface area contributed by atoms with Gasteiger partial charge in [0.05, 0.1) is 12.0 Å². The lowest BCUT2D eigenvalue weighted by Crippen LogP contribution is -2.31. The quantitative estimate of drug-likeness (QED) is 0.307. The number of nitrogens with one attached hydrogen (secondary N) is 1. The van der Waals surface area contributed by atoms with Gasteiger partial charge in [-0.25, -0.2) is 13.1 Å².